The lowest BCUT2D eigenvalue weighted by molar-refractivity contribution is -0.385. The van der Waals surface area contributed by atoms with Crippen molar-refractivity contribution in [3.8, 4) is 5.75 Å². The molecule has 1 aromatic heterocycles. The molecule has 0 N–H and O–H groups in total. The van der Waals surface area contributed by atoms with E-state index >= 15 is 0 Å². The average Bonchev–Trinajstić information content (AvgIpc) is 2.61. The number of hydrogen-bond donors (Lipinski definition) is 0. The van der Waals surface area contributed by atoms with E-state index in [0.717, 1.165) is 0 Å². The second-order valence-corrected chi connectivity index (χ2v) is 5.80. The van der Waals surface area contributed by atoms with Crippen molar-refractivity contribution in [2.24, 2.45) is 0 Å². The number of halogens is 2. The van der Waals surface area contributed by atoms with E-state index < -0.39 is 10.9 Å². The number of ether oxygens (including phenoxy) is 3. The molecule has 0 saturated carbocycles. The highest BCUT2D eigenvalue weighted by Crippen LogP contribution is 2.33. The Bertz CT molecular complexity index is 858. The smallest absolute Gasteiger partial charge is 0.340 e. The highest BCUT2D eigenvalue weighted by Gasteiger charge is 2.22. The van der Waals surface area contributed by atoms with Crippen LogP contribution in [0.3, 0.4) is 0 Å². The Morgan fingerprint density at radius 1 is 1.36 bits per heavy atom. The number of carbonyl (C=O) groups excluding carboxylic acids is 1. The van der Waals surface area contributed by atoms with Crippen LogP contribution in [-0.2, 0) is 22.7 Å². The van der Waals surface area contributed by atoms with Crippen molar-refractivity contribution >= 4 is 34.9 Å². The molecule has 0 unspecified atom stereocenters. The van der Waals surface area contributed by atoms with Crippen LogP contribution in [0.25, 0.3) is 0 Å². The standard InChI is InChI=1S/C15H10Cl2N2O6/c16-12-3-8(4-18-14(12)17)15(20)24-6-10-2-11(19(21)22)1-9-5-23-7-25-13(9)10/h1-4H,5-7H2. The first-order valence-corrected chi connectivity index (χ1v) is 7.70. The summed E-state index contributed by atoms with van der Waals surface area (Å²) in [7, 11) is 0. The van der Waals surface area contributed by atoms with E-state index in [1.807, 2.05) is 0 Å². The Morgan fingerprint density at radius 3 is 2.88 bits per heavy atom. The van der Waals surface area contributed by atoms with E-state index in [1.54, 1.807) is 0 Å². The van der Waals surface area contributed by atoms with E-state index in [-0.39, 0.29) is 41.4 Å². The highest BCUT2D eigenvalue weighted by molar-refractivity contribution is 6.41. The molecule has 0 fully saturated rings. The first-order chi connectivity index (χ1) is 12.0. The molecule has 130 valence electrons. The van der Waals surface area contributed by atoms with Crippen LogP contribution in [0.15, 0.2) is 24.4 Å². The summed E-state index contributed by atoms with van der Waals surface area (Å²) < 4.78 is 15.7. The third-order valence-electron chi connectivity index (χ3n) is 3.37. The minimum absolute atomic E-state index is 0.0163. The summed E-state index contributed by atoms with van der Waals surface area (Å²) in [5, 5.41) is 11.2. The van der Waals surface area contributed by atoms with Crippen molar-refractivity contribution in [1.82, 2.24) is 4.98 Å². The van der Waals surface area contributed by atoms with Crippen molar-refractivity contribution < 1.29 is 23.9 Å². The van der Waals surface area contributed by atoms with Crippen LogP contribution in [0.1, 0.15) is 21.5 Å². The van der Waals surface area contributed by atoms with Crippen LogP contribution in [0.2, 0.25) is 10.2 Å². The molecule has 25 heavy (non-hydrogen) atoms. The number of esters is 1. The molecule has 0 atom stereocenters. The van der Waals surface area contributed by atoms with E-state index in [0.29, 0.717) is 16.9 Å². The average molecular weight is 385 g/mol. The number of hydrogen-bond acceptors (Lipinski definition) is 7. The van der Waals surface area contributed by atoms with Gasteiger partial charge < -0.3 is 14.2 Å². The lowest BCUT2D eigenvalue weighted by Crippen LogP contribution is -2.15. The van der Waals surface area contributed by atoms with E-state index in [2.05, 4.69) is 4.98 Å². The van der Waals surface area contributed by atoms with Gasteiger partial charge in [-0.05, 0) is 6.07 Å². The summed E-state index contributed by atoms with van der Waals surface area (Å²) in [6, 6.07) is 3.99. The summed E-state index contributed by atoms with van der Waals surface area (Å²) in [6.45, 7) is -0.0275. The van der Waals surface area contributed by atoms with Crippen LogP contribution in [0, 0.1) is 10.1 Å². The zero-order chi connectivity index (χ0) is 18.0. The van der Waals surface area contributed by atoms with Gasteiger partial charge in [-0.1, -0.05) is 23.2 Å². The van der Waals surface area contributed by atoms with Crippen LogP contribution in [-0.4, -0.2) is 22.7 Å². The van der Waals surface area contributed by atoms with Gasteiger partial charge in [0.15, 0.2) is 6.79 Å². The Balaban J connectivity index is 1.82. The number of nitro groups is 1. The van der Waals surface area contributed by atoms with Gasteiger partial charge in [-0.2, -0.15) is 0 Å². The third-order valence-corrected chi connectivity index (χ3v) is 4.06. The number of rotatable bonds is 4. The summed E-state index contributed by atoms with van der Waals surface area (Å²) in [5.74, 6) is -0.282. The number of benzene rings is 1. The third kappa shape index (κ3) is 3.81. The molecule has 8 nitrogen and oxygen atoms in total. The number of aromatic nitrogens is 1. The highest BCUT2D eigenvalue weighted by atomic mass is 35.5. The fraction of sp³-hybridized carbons (Fsp3) is 0.200. The van der Waals surface area contributed by atoms with Gasteiger partial charge in [-0.15, -0.1) is 0 Å². The van der Waals surface area contributed by atoms with Crippen molar-refractivity contribution in [3.63, 3.8) is 0 Å². The molecule has 0 saturated heterocycles. The molecule has 0 aliphatic carbocycles. The van der Waals surface area contributed by atoms with Crippen molar-refractivity contribution in [3.05, 3.63) is 61.4 Å². The second kappa shape index (κ2) is 7.22. The van der Waals surface area contributed by atoms with Gasteiger partial charge in [0, 0.05) is 29.5 Å². The molecule has 2 heterocycles. The monoisotopic (exact) mass is 384 g/mol. The zero-order valence-electron chi connectivity index (χ0n) is 12.5. The number of fused-ring (bicyclic) bond motifs is 1. The predicted molar refractivity (Wildman–Crippen MR) is 86.8 cm³/mol. The molecule has 1 aliphatic heterocycles. The van der Waals surface area contributed by atoms with E-state index in [4.69, 9.17) is 37.4 Å². The number of nitrogens with zero attached hydrogens (tertiary/aromatic N) is 2. The Hall–Kier alpha value is -2.42. The van der Waals surface area contributed by atoms with Crippen LogP contribution in [0.5, 0.6) is 5.75 Å². The van der Waals surface area contributed by atoms with Crippen LogP contribution >= 0.6 is 23.2 Å². The molecule has 0 spiro atoms. The molecule has 0 amide bonds. The Labute approximate surface area is 151 Å². The number of pyridine rings is 1. The lowest BCUT2D eigenvalue weighted by Gasteiger charge is -2.20. The predicted octanol–water partition coefficient (Wildman–Crippen LogP) is 3.52. The fourth-order valence-corrected chi connectivity index (χ4v) is 2.52. The molecular formula is C15H10Cl2N2O6. The van der Waals surface area contributed by atoms with Crippen molar-refractivity contribution in [1.29, 1.82) is 0 Å². The van der Waals surface area contributed by atoms with Gasteiger partial charge in [0.1, 0.15) is 17.5 Å². The van der Waals surface area contributed by atoms with Gasteiger partial charge in [-0.25, -0.2) is 9.78 Å². The van der Waals surface area contributed by atoms with Crippen molar-refractivity contribution in [2.45, 2.75) is 13.2 Å². The Kier molecular flexibility index (Phi) is 5.03. The van der Waals surface area contributed by atoms with Gasteiger partial charge in [-0.3, -0.25) is 10.1 Å². The largest absolute Gasteiger partial charge is 0.467 e. The molecule has 1 aliphatic rings. The zero-order valence-corrected chi connectivity index (χ0v) is 14.0. The van der Waals surface area contributed by atoms with Gasteiger partial charge in [0.25, 0.3) is 5.69 Å². The summed E-state index contributed by atoms with van der Waals surface area (Å²) >= 11 is 11.5. The maximum atomic E-state index is 12.1. The van der Waals surface area contributed by atoms with Crippen LogP contribution in [0.4, 0.5) is 5.69 Å². The summed E-state index contributed by atoms with van der Waals surface area (Å²) in [6.07, 6.45) is 1.23. The quantitative estimate of drug-likeness (QED) is 0.344. The number of carbonyl (C=O) groups is 1. The molecule has 10 heteroatoms. The molecular weight excluding hydrogens is 375 g/mol. The fourth-order valence-electron chi connectivity index (χ4n) is 2.25. The summed E-state index contributed by atoms with van der Waals surface area (Å²) in [4.78, 5) is 26.4. The first-order valence-electron chi connectivity index (χ1n) is 6.94. The van der Waals surface area contributed by atoms with Crippen LogP contribution < -0.4 is 4.74 Å². The molecule has 0 radical (unpaired) electrons. The number of non-ortho nitro benzene ring substituents is 1. The first kappa shape index (κ1) is 17.4. The van der Waals surface area contributed by atoms with Gasteiger partial charge in [0.05, 0.1) is 22.1 Å². The van der Waals surface area contributed by atoms with Crippen molar-refractivity contribution in [2.75, 3.05) is 6.79 Å². The SMILES string of the molecule is O=C(OCc1cc([N+](=O)[O-])cc2c1OCOC2)c1cnc(Cl)c(Cl)c1. The molecule has 1 aromatic carbocycles. The summed E-state index contributed by atoms with van der Waals surface area (Å²) in [5.41, 5.74) is 0.852. The number of nitro benzene ring substituents is 1. The minimum atomic E-state index is -0.696. The lowest BCUT2D eigenvalue weighted by atomic mass is 10.1. The topological polar surface area (TPSA) is 101 Å². The maximum absolute atomic E-state index is 12.1. The maximum Gasteiger partial charge on any atom is 0.340 e. The minimum Gasteiger partial charge on any atom is -0.467 e. The normalized spacial score (nSPS) is 12.9. The molecule has 3 rings (SSSR count). The van der Waals surface area contributed by atoms with Gasteiger partial charge in [0.2, 0.25) is 0 Å². The molecule has 0 bridgehead atoms. The van der Waals surface area contributed by atoms with E-state index in [9.17, 15) is 14.9 Å². The molecule has 2 aromatic rings. The Morgan fingerprint density at radius 2 is 2.16 bits per heavy atom. The van der Waals surface area contributed by atoms with Gasteiger partial charge >= 0.3 is 5.97 Å². The van der Waals surface area contributed by atoms with E-state index in [1.165, 1.54) is 24.4 Å². The second-order valence-electron chi connectivity index (χ2n) is 5.03.